The number of aliphatic hydroxyl groups is 1. The number of carbonyl (C=O) groups is 1. The molecule has 27 heavy (non-hydrogen) atoms. The fourth-order valence-corrected chi connectivity index (χ4v) is 7.90. The van der Waals surface area contributed by atoms with Gasteiger partial charge in [0.05, 0.1) is 11.9 Å². The molecule has 3 unspecified atom stereocenters. The first kappa shape index (κ1) is 19.1. The number of fused-ring (bicyclic) bond motifs is 3. The largest absolute Gasteiger partial charge is 0.387 e. The molecule has 2 N–H and O–H groups in total. The molecule has 7 heteroatoms. The molecule has 5 nitrogen and oxygen atoms in total. The highest BCUT2D eigenvalue weighted by Crippen LogP contribution is 2.64. The van der Waals surface area contributed by atoms with E-state index in [0.717, 1.165) is 22.1 Å². The van der Waals surface area contributed by atoms with E-state index in [1.165, 1.54) is 11.3 Å². The Balaban J connectivity index is 1.49. The average molecular weight is 408 g/mol. The summed E-state index contributed by atoms with van der Waals surface area (Å²) < 4.78 is 29.1. The van der Waals surface area contributed by atoms with Gasteiger partial charge in [-0.15, -0.1) is 11.3 Å². The van der Waals surface area contributed by atoms with E-state index in [2.05, 4.69) is 4.72 Å². The molecule has 1 heterocycles. The van der Waals surface area contributed by atoms with Crippen LogP contribution in [-0.4, -0.2) is 31.6 Å². The third-order valence-electron chi connectivity index (χ3n) is 6.94. The summed E-state index contributed by atoms with van der Waals surface area (Å²) >= 11 is 1.53. The van der Waals surface area contributed by atoms with Crippen molar-refractivity contribution in [1.29, 1.82) is 0 Å². The third kappa shape index (κ3) is 2.95. The van der Waals surface area contributed by atoms with Gasteiger partial charge in [-0.05, 0) is 41.0 Å². The fourth-order valence-electron chi connectivity index (χ4n) is 5.06. The van der Waals surface area contributed by atoms with Crippen LogP contribution in [0.1, 0.15) is 44.8 Å². The smallest absolute Gasteiger partial charge is 0.212 e. The predicted octanol–water partition coefficient (Wildman–Crippen LogP) is 3.25. The predicted molar refractivity (Wildman–Crippen MR) is 107 cm³/mol. The van der Waals surface area contributed by atoms with Gasteiger partial charge in [0.25, 0.3) is 0 Å². The maximum Gasteiger partial charge on any atom is 0.212 e. The van der Waals surface area contributed by atoms with Crippen molar-refractivity contribution in [1.82, 2.24) is 4.72 Å². The third-order valence-corrected chi connectivity index (χ3v) is 9.40. The van der Waals surface area contributed by atoms with Crippen molar-refractivity contribution in [2.45, 2.75) is 39.2 Å². The summed E-state index contributed by atoms with van der Waals surface area (Å²) in [5, 5.41) is 13.3. The molecule has 0 amide bonds. The van der Waals surface area contributed by atoms with Crippen LogP contribution in [-0.2, 0) is 14.8 Å². The Labute approximate surface area is 163 Å². The van der Waals surface area contributed by atoms with E-state index in [9.17, 15) is 18.3 Å². The molecule has 1 aromatic carbocycles. The zero-order chi connectivity index (χ0) is 19.4. The van der Waals surface area contributed by atoms with Crippen LogP contribution in [0.3, 0.4) is 0 Å². The van der Waals surface area contributed by atoms with E-state index in [-0.39, 0.29) is 29.4 Å². The number of aliphatic hydroxyl groups excluding tert-OH is 1. The van der Waals surface area contributed by atoms with Crippen molar-refractivity contribution >= 4 is 37.2 Å². The summed E-state index contributed by atoms with van der Waals surface area (Å²) in [4.78, 5) is 12.6. The van der Waals surface area contributed by atoms with Crippen LogP contribution in [0.15, 0.2) is 29.6 Å². The molecule has 3 atom stereocenters. The zero-order valence-corrected chi connectivity index (χ0v) is 17.2. The molecule has 2 fully saturated rings. The molecule has 4 rings (SSSR count). The number of carbonyl (C=O) groups excluding carboxylic acids is 1. The molecule has 2 bridgehead atoms. The normalized spacial score (nSPS) is 28.1. The Kier molecular flexibility index (Phi) is 4.50. The lowest BCUT2D eigenvalue weighted by atomic mass is 9.70. The van der Waals surface area contributed by atoms with Crippen LogP contribution in [0.5, 0.6) is 0 Å². The SMILES string of the molecule is CC1(C)C2CCC1(CS(=O)(=O)NCC(O)c1csc3ccccc13)C(=O)C2. The first-order valence-electron chi connectivity index (χ1n) is 9.31. The summed E-state index contributed by atoms with van der Waals surface area (Å²) in [5.74, 6) is 0.181. The highest BCUT2D eigenvalue weighted by atomic mass is 32.2. The second kappa shape index (κ2) is 6.37. The van der Waals surface area contributed by atoms with Gasteiger partial charge >= 0.3 is 0 Å². The van der Waals surface area contributed by atoms with Crippen molar-refractivity contribution in [3.63, 3.8) is 0 Å². The Bertz CT molecular complexity index is 994. The van der Waals surface area contributed by atoms with Gasteiger partial charge in [-0.1, -0.05) is 32.0 Å². The fraction of sp³-hybridized carbons (Fsp3) is 0.550. The van der Waals surface area contributed by atoms with Gasteiger partial charge in [-0.3, -0.25) is 4.79 Å². The quantitative estimate of drug-likeness (QED) is 0.770. The molecule has 2 aromatic rings. The second-order valence-electron chi connectivity index (χ2n) is 8.48. The van der Waals surface area contributed by atoms with Gasteiger partial charge in [0, 0.05) is 28.6 Å². The molecule has 0 aliphatic heterocycles. The van der Waals surface area contributed by atoms with E-state index in [1.54, 1.807) is 0 Å². The number of nitrogens with one attached hydrogen (secondary N) is 1. The number of hydrogen-bond donors (Lipinski definition) is 2. The van der Waals surface area contributed by atoms with Crippen molar-refractivity contribution in [2.24, 2.45) is 16.7 Å². The molecule has 1 aromatic heterocycles. The Morgan fingerprint density at radius 3 is 2.74 bits per heavy atom. The van der Waals surface area contributed by atoms with Crippen LogP contribution >= 0.6 is 11.3 Å². The molecule has 2 aliphatic rings. The van der Waals surface area contributed by atoms with E-state index < -0.39 is 21.5 Å². The Morgan fingerprint density at radius 1 is 1.33 bits per heavy atom. The van der Waals surface area contributed by atoms with Crippen LogP contribution in [0.2, 0.25) is 0 Å². The first-order valence-corrected chi connectivity index (χ1v) is 11.8. The highest BCUT2D eigenvalue weighted by Gasteiger charge is 2.65. The minimum absolute atomic E-state index is 0.0819. The van der Waals surface area contributed by atoms with Crippen molar-refractivity contribution < 1.29 is 18.3 Å². The van der Waals surface area contributed by atoms with Gasteiger partial charge in [0.2, 0.25) is 10.0 Å². The minimum Gasteiger partial charge on any atom is -0.387 e. The maximum atomic E-state index is 12.8. The van der Waals surface area contributed by atoms with Crippen molar-refractivity contribution in [3.05, 3.63) is 35.2 Å². The molecule has 0 radical (unpaired) electrons. The van der Waals surface area contributed by atoms with E-state index in [0.29, 0.717) is 12.8 Å². The molecule has 2 saturated carbocycles. The summed E-state index contributed by atoms with van der Waals surface area (Å²) in [6.07, 6.45) is 1.13. The highest BCUT2D eigenvalue weighted by molar-refractivity contribution is 7.89. The van der Waals surface area contributed by atoms with Gasteiger partial charge in [0.15, 0.2) is 0 Å². The Morgan fingerprint density at radius 2 is 2.07 bits per heavy atom. The summed E-state index contributed by atoms with van der Waals surface area (Å²) in [7, 11) is -3.68. The zero-order valence-electron chi connectivity index (χ0n) is 15.6. The van der Waals surface area contributed by atoms with Crippen LogP contribution in [0.4, 0.5) is 0 Å². The molecule has 0 spiro atoms. The lowest BCUT2D eigenvalue weighted by molar-refractivity contribution is -0.128. The minimum atomic E-state index is -3.68. The van der Waals surface area contributed by atoms with Crippen molar-refractivity contribution in [3.8, 4) is 0 Å². The number of sulfonamides is 1. The summed E-state index contributed by atoms with van der Waals surface area (Å²) in [5.41, 5.74) is -0.348. The lowest BCUT2D eigenvalue weighted by Crippen LogP contribution is -2.45. The summed E-state index contributed by atoms with van der Waals surface area (Å²) in [6, 6.07) is 7.74. The number of rotatable bonds is 6. The average Bonchev–Trinajstić information content (AvgIpc) is 3.19. The van der Waals surface area contributed by atoms with Gasteiger partial charge in [-0.2, -0.15) is 0 Å². The van der Waals surface area contributed by atoms with Crippen LogP contribution < -0.4 is 4.72 Å². The molecular weight excluding hydrogens is 382 g/mol. The van der Waals surface area contributed by atoms with E-state index >= 15 is 0 Å². The Hall–Kier alpha value is -1.28. The van der Waals surface area contributed by atoms with E-state index in [1.807, 2.05) is 43.5 Å². The second-order valence-corrected chi connectivity index (χ2v) is 11.2. The van der Waals surface area contributed by atoms with Gasteiger partial charge in [-0.25, -0.2) is 13.1 Å². The monoisotopic (exact) mass is 407 g/mol. The summed E-state index contributed by atoms with van der Waals surface area (Å²) in [6.45, 7) is 3.96. The standard InChI is InChI=1S/C20H25NO4S2/c1-19(2)13-7-8-20(19,18(23)9-13)12-27(24,25)21-10-16(22)15-11-26-17-6-4-3-5-14(15)17/h3-6,11,13,16,21-22H,7-10,12H2,1-2H3. The molecular formula is C20H25NO4S2. The number of hydrogen-bond acceptors (Lipinski definition) is 5. The number of ketones is 1. The number of Topliss-reactive ketones (excluding diaryl/α,β-unsaturated/α-hetero) is 1. The van der Waals surface area contributed by atoms with Crippen LogP contribution in [0, 0.1) is 16.7 Å². The molecule has 2 aliphatic carbocycles. The lowest BCUT2D eigenvalue weighted by Gasteiger charge is -2.36. The number of thiophene rings is 1. The van der Waals surface area contributed by atoms with E-state index in [4.69, 9.17) is 0 Å². The maximum absolute atomic E-state index is 12.8. The van der Waals surface area contributed by atoms with Crippen molar-refractivity contribution in [2.75, 3.05) is 12.3 Å². The van der Waals surface area contributed by atoms with Crippen LogP contribution in [0.25, 0.3) is 10.1 Å². The van der Waals surface area contributed by atoms with Gasteiger partial charge < -0.3 is 5.11 Å². The first-order chi connectivity index (χ1) is 12.7. The van der Waals surface area contributed by atoms with Gasteiger partial charge in [0.1, 0.15) is 5.78 Å². The number of benzene rings is 1. The topological polar surface area (TPSA) is 83.5 Å². The molecule has 0 saturated heterocycles. The molecule has 146 valence electrons.